The Morgan fingerprint density at radius 2 is 2.00 bits per heavy atom. The van der Waals surface area contributed by atoms with E-state index in [2.05, 4.69) is 21.2 Å². The molecule has 1 aliphatic rings. The van der Waals surface area contributed by atoms with Crippen molar-refractivity contribution in [2.75, 3.05) is 23.1 Å². The number of carbonyl (C=O) groups is 1. The van der Waals surface area contributed by atoms with Crippen molar-refractivity contribution >= 4 is 37.5 Å². The van der Waals surface area contributed by atoms with E-state index < -0.39 is 21.7 Å². The average Bonchev–Trinajstić information content (AvgIpc) is 2.99. The highest BCUT2D eigenvalue weighted by Gasteiger charge is 2.28. The standard InChI is InChI=1S/C17H16BrFN2O3S/c18-13-5-6-14(15(19)11-13)17(22)20-8-10-25(23,24)21-9-7-12-3-1-2-4-16(12)21/h1-6,11H,7-10H2,(H,20,22). The van der Waals surface area contributed by atoms with Gasteiger partial charge in [0.25, 0.3) is 5.91 Å². The van der Waals surface area contributed by atoms with Crippen LogP contribution in [0.5, 0.6) is 0 Å². The summed E-state index contributed by atoms with van der Waals surface area (Å²) in [5, 5.41) is 2.46. The highest BCUT2D eigenvalue weighted by molar-refractivity contribution is 9.10. The fourth-order valence-electron chi connectivity index (χ4n) is 2.77. The number of anilines is 1. The van der Waals surface area contributed by atoms with Gasteiger partial charge in [-0.15, -0.1) is 0 Å². The molecule has 0 saturated heterocycles. The minimum absolute atomic E-state index is 0.0880. The van der Waals surface area contributed by atoms with Crippen LogP contribution in [0.15, 0.2) is 46.9 Å². The molecule has 2 aromatic carbocycles. The molecule has 8 heteroatoms. The lowest BCUT2D eigenvalue weighted by Crippen LogP contribution is -2.37. The third kappa shape index (κ3) is 3.85. The molecule has 1 heterocycles. The van der Waals surface area contributed by atoms with Gasteiger partial charge in [0.1, 0.15) is 5.82 Å². The van der Waals surface area contributed by atoms with Crippen LogP contribution in [0.25, 0.3) is 0 Å². The van der Waals surface area contributed by atoms with Crippen LogP contribution in [0.1, 0.15) is 15.9 Å². The molecule has 0 atom stereocenters. The second-order valence-corrected chi connectivity index (χ2v) is 8.58. The van der Waals surface area contributed by atoms with Crippen LogP contribution in [0.2, 0.25) is 0 Å². The maximum absolute atomic E-state index is 13.8. The zero-order valence-corrected chi connectivity index (χ0v) is 15.6. The molecule has 0 radical (unpaired) electrons. The van der Waals surface area contributed by atoms with Gasteiger partial charge in [0.2, 0.25) is 10.0 Å². The summed E-state index contributed by atoms with van der Waals surface area (Å²) < 4.78 is 40.7. The molecule has 0 fully saturated rings. The Hall–Kier alpha value is -1.93. The maximum Gasteiger partial charge on any atom is 0.254 e. The van der Waals surface area contributed by atoms with Crippen molar-refractivity contribution in [2.45, 2.75) is 6.42 Å². The van der Waals surface area contributed by atoms with E-state index in [9.17, 15) is 17.6 Å². The number of nitrogens with one attached hydrogen (secondary N) is 1. The second-order valence-electron chi connectivity index (χ2n) is 5.65. The van der Waals surface area contributed by atoms with E-state index >= 15 is 0 Å². The number of nitrogens with zero attached hydrogens (tertiary/aromatic N) is 1. The molecule has 0 aromatic heterocycles. The number of carbonyl (C=O) groups excluding carboxylic acids is 1. The number of sulfonamides is 1. The number of hydrogen-bond acceptors (Lipinski definition) is 3. The summed E-state index contributed by atoms with van der Waals surface area (Å²) in [5.74, 6) is -1.55. The molecule has 5 nitrogen and oxygen atoms in total. The number of hydrogen-bond donors (Lipinski definition) is 1. The third-order valence-corrected chi connectivity index (χ3v) is 6.27. The molecule has 0 saturated carbocycles. The summed E-state index contributed by atoms with van der Waals surface area (Å²) in [6.07, 6.45) is 0.672. The van der Waals surface area contributed by atoms with Gasteiger partial charge in [-0.1, -0.05) is 34.1 Å². The van der Waals surface area contributed by atoms with Crippen LogP contribution in [0.4, 0.5) is 10.1 Å². The van der Waals surface area contributed by atoms with Crippen LogP contribution < -0.4 is 9.62 Å². The van der Waals surface area contributed by atoms with Gasteiger partial charge in [-0.05, 0) is 36.2 Å². The first-order valence-electron chi connectivity index (χ1n) is 7.70. The first-order chi connectivity index (χ1) is 11.9. The van der Waals surface area contributed by atoms with Crippen molar-refractivity contribution in [1.82, 2.24) is 5.32 Å². The van der Waals surface area contributed by atoms with Crippen molar-refractivity contribution in [3.63, 3.8) is 0 Å². The first kappa shape index (κ1) is 17.9. The second kappa shape index (κ2) is 7.13. The van der Waals surface area contributed by atoms with Crippen LogP contribution >= 0.6 is 15.9 Å². The van der Waals surface area contributed by atoms with Crippen molar-refractivity contribution in [2.24, 2.45) is 0 Å². The number of halogens is 2. The first-order valence-corrected chi connectivity index (χ1v) is 10.1. The van der Waals surface area contributed by atoms with Crippen LogP contribution in [-0.4, -0.2) is 33.2 Å². The topological polar surface area (TPSA) is 66.5 Å². The Labute approximate surface area is 154 Å². The summed E-state index contributed by atoms with van der Waals surface area (Å²) in [6.45, 7) is 0.312. The van der Waals surface area contributed by atoms with Gasteiger partial charge in [0.15, 0.2) is 0 Å². The normalized spacial score (nSPS) is 13.6. The fraction of sp³-hybridized carbons (Fsp3) is 0.235. The third-order valence-electron chi connectivity index (χ3n) is 4.00. The molecular formula is C17H16BrFN2O3S. The van der Waals surface area contributed by atoms with E-state index in [4.69, 9.17) is 0 Å². The Bertz CT molecular complexity index is 918. The largest absolute Gasteiger partial charge is 0.351 e. The summed E-state index contributed by atoms with van der Waals surface area (Å²) in [5.41, 5.74) is 1.56. The van der Waals surface area contributed by atoms with Crippen LogP contribution in [0, 0.1) is 5.82 Å². The number of fused-ring (bicyclic) bond motifs is 1. The molecule has 0 unspecified atom stereocenters. The summed E-state index contributed by atoms with van der Waals surface area (Å²) >= 11 is 3.12. The predicted octanol–water partition coefficient (Wildman–Crippen LogP) is 2.71. The molecule has 3 rings (SSSR count). The molecule has 1 amide bonds. The van der Waals surface area contributed by atoms with Gasteiger partial charge in [-0.3, -0.25) is 9.10 Å². The van der Waals surface area contributed by atoms with Gasteiger partial charge in [0, 0.05) is 17.6 Å². The molecule has 0 bridgehead atoms. The van der Waals surface area contributed by atoms with E-state index in [1.807, 2.05) is 12.1 Å². The lowest BCUT2D eigenvalue weighted by atomic mass is 10.2. The van der Waals surface area contributed by atoms with Gasteiger partial charge >= 0.3 is 0 Å². The Balaban J connectivity index is 1.63. The fourth-order valence-corrected chi connectivity index (χ4v) is 4.53. The number of rotatable bonds is 5. The van der Waals surface area contributed by atoms with E-state index in [0.29, 0.717) is 23.1 Å². The molecular weight excluding hydrogens is 411 g/mol. The van der Waals surface area contributed by atoms with E-state index in [1.54, 1.807) is 18.2 Å². The predicted molar refractivity (Wildman–Crippen MR) is 97.7 cm³/mol. The van der Waals surface area contributed by atoms with E-state index in [-0.39, 0.29) is 17.9 Å². The Kier molecular flexibility index (Phi) is 5.10. The molecule has 25 heavy (non-hydrogen) atoms. The molecule has 0 spiro atoms. The SMILES string of the molecule is O=C(NCCS(=O)(=O)N1CCc2ccccc21)c1ccc(Br)cc1F. The zero-order chi connectivity index (χ0) is 18.0. The van der Waals surface area contributed by atoms with Gasteiger partial charge in [0.05, 0.1) is 17.0 Å². The van der Waals surface area contributed by atoms with Gasteiger partial charge in [-0.2, -0.15) is 0 Å². The number of para-hydroxylation sites is 1. The molecule has 0 aliphatic carbocycles. The van der Waals surface area contributed by atoms with Gasteiger partial charge in [-0.25, -0.2) is 12.8 Å². The van der Waals surface area contributed by atoms with Crippen LogP contribution in [-0.2, 0) is 16.4 Å². The summed E-state index contributed by atoms with van der Waals surface area (Å²) in [7, 11) is -3.55. The Morgan fingerprint density at radius 3 is 2.76 bits per heavy atom. The number of amides is 1. The smallest absolute Gasteiger partial charge is 0.254 e. The van der Waals surface area contributed by atoms with Crippen molar-refractivity contribution < 1.29 is 17.6 Å². The van der Waals surface area contributed by atoms with Gasteiger partial charge < -0.3 is 5.32 Å². The minimum Gasteiger partial charge on any atom is -0.351 e. The highest BCUT2D eigenvalue weighted by Crippen LogP contribution is 2.29. The molecule has 132 valence electrons. The summed E-state index contributed by atoms with van der Waals surface area (Å²) in [4.78, 5) is 12.0. The van der Waals surface area contributed by atoms with E-state index in [1.165, 1.54) is 16.4 Å². The van der Waals surface area contributed by atoms with Crippen LogP contribution in [0.3, 0.4) is 0 Å². The zero-order valence-electron chi connectivity index (χ0n) is 13.2. The quantitative estimate of drug-likeness (QED) is 0.798. The minimum atomic E-state index is -3.55. The average molecular weight is 427 g/mol. The van der Waals surface area contributed by atoms with Crippen molar-refractivity contribution in [3.8, 4) is 0 Å². The molecule has 1 aliphatic heterocycles. The monoisotopic (exact) mass is 426 g/mol. The molecule has 1 N–H and O–H groups in total. The maximum atomic E-state index is 13.8. The van der Waals surface area contributed by atoms with E-state index in [0.717, 1.165) is 5.56 Å². The Morgan fingerprint density at radius 1 is 1.24 bits per heavy atom. The summed E-state index contributed by atoms with van der Waals surface area (Å²) in [6, 6.07) is 11.4. The van der Waals surface area contributed by atoms with Crippen molar-refractivity contribution in [3.05, 3.63) is 63.9 Å². The highest BCUT2D eigenvalue weighted by atomic mass is 79.9. The number of benzene rings is 2. The van der Waals surface area contributed by atoms with Crippen molar-refractivity contribution in [1.29, 1.82) is 0 Å². The lowest BCUT2D eigenvalue weighted by molar-refractivity contribution is 0.0952. The lowest BCUT2D eigenvalue weighted by Gasteiger charge is -2.19. The molecule has 2 aromatic rings.